The number of hydrogen-bond donors (Lipinski definition) is 1. The third kappa shape index (κ3) is 8.21. The molecule has 1 rings (SSSR count). The highest BCUT2D eigenvalue weighted by Gasteiger charge is 2.28. The van der Waals surface area contributed by atoms with E-state index in [0.29, 0.717) is 5.92 Å². The fourth-order valence-electron chi connectivity index (χ4n) is 3.78. The van der Waals surface area contributed by atoms with Gasteiger partial charge >= 0.3 is 0 Å². The molecule has 0 saturated heterocycles. The zero-order valence-electron chi connectivity index (χ0n) is 14.5. The average Bonchev–Trinajstić information content (AvgIpc) is 2.52. The summed E-state index contributed by atoms with van der Waals surface area (Å²) in [7, 11) is 1.77. The Morgan fingerprint density at radius 2 is 1.48 bits per heavy atom. The van der Waals surface area contributed by atoms with Gasteiger partial charge in [0.25, 0.3) is 0 Å². The number of ether oxygens (including phenoxy) is 1. The van der Waals surface area contributed by atoms with Gasteiger partial charge in [0.2, 0.25) is 0 Å². The number of aliphatic hydroxyl groups is 1. The lowest BCUT2D eigenvalue weighted by atomic mass is 9.82. The van der Waals surface area contributed by atoms with Crippen LogP contribution in [0.25, 0.3) is 0 Å². The normalized spacial score (nSPS) is 19.6. The van der Waals surface area contributed by atoms with Crippen LogP contribution in [-0.2, 0) is 4.74 Å². The Hall–Kier alpha value is -0.0800. The Bertz CT molecular complexity index is 224. The second-order valence-corrected chi connectivity index (χ2v) is 6.93. The molecular formula is C19H38O2. The minimum Gasteiger partial charge on any atom is -0.390 e. The van der Waals surface area contributed by atoms with Gasteiger partial charge in [-0.3, -0.25) is 0 Å². The predicted molar refractivity (Wildman–Crippen MR) is 90.6 cm³/mol. The average molecular weight is 299 g/mol. The Balaban J connectivity index is 2.06. The number of hydrogen-bond acceptors (Lipinski definition) is 2. The van der Waals surface area contributed by atoms with E-state index in [1.165, 1.54) is 77.0 Å². The Labute approximate surface area is 132 Å². The van der Waals surface area contributed by atoms with Crippen molar-refractivity contribution in [3.05, 3.63) is 0 Å². The summed E-state index contributed by atoms with van der Waals surface area (Å²) in [6, 6.07) is 0. The Morgan fingerprint density at radius 1 is 0.905 bits per heavy atom. The van der Waals surface area contributed by atoms with E-state index >= 15 is 0 Å². The van der Waals surface area contributed by atoms with Crippen molar-refractivity contribution in [2.24, 2.45) is 5.92 Å². The predicted octanol–water partition coefficient (Wildman–Crippen LogP) is 5.47. The first-order chi connectivity index (χ1) is 10.3. The minimum atomic E-state index is -0.252. The van der Waals surface area contributed by atoms with Crippen molar-refractivity contribution in [2.45, 2.75) is 109 Å². The van der Waals surface area contributed by atoms with E-state index in [4.69, 9.17) is 4.74 Å². The van der Waals surface area contributed by atoms with E-state index in [0.717, 1.165) is 12.8 Å². The molecule has 0 spiro atoms. The van der Waals surface area contributed by atoms with Crippen LogP contribution in [-0.4, -0.2) is 24.4 Å². The fraction of sp³-hybridized carbons (Fsp3) is 1.00. The minimum absolute atomic E-state index is 0.0786. The first-order valence-electron chi connectivity index (χ1n) is 9.50. The van der Waals surface area contributed by atoms with Gasteiger partial charge in [-0.05, 0) is 25.2 Å². The lowest BCUT2D eigenvalue weighted by Crippen LogP contribution is -2.36. The monoisotopic (exact) mass is 298 g/mol. The first-order valence-corrected chi connectivity index (χ1v) is 9.50. The van der Waals surface area contributed by atoms with Crippen LogP contribution in [0, 0.1) is 5.92 Å². The molecule has 0 bridgehead atoms. The van der Waals surface area contributed by atoms with Gasteiger partial charge in [0.05, 0.1) is 12.2 Å². The molecule has 0 aromatic heterocycles. The summed E-state index contributed by atoms with van der Waals surface area (Å²) in [6.45, 7) is 2.26. The van der Waals surface area contributed by atoms with E-state index in [1.54, 1.807) is 7.11 Å². The zero-order chi connectivity index (χ0) is 15.3. The third-order valence-electron chi connectivity index (χ3n) is 5.12. The van der Waals surface area contributed by atoms with Gasteiger partial charge in [-0.25, -0.2) is 0 Å². The summed E-state index contributed by atoms with van der Waals surface area (Å²) >= 11 is 0. The lowest BCUT2D eigenvalue weighted by molar-refractivity contribution is -0.0577. The summed E-state index contributed by atoms with van der Waals surface area (Å²) in [5.74, 6) is 0.591. The van der Waals surface area contributed by atoms with E-state index < -0.39 is 0 Å². The van der Waals surface area contributed by atoms with Gasteiger partial charge in [0.1, 0.15) is 0 Å². The van der Waals surface area contributed by atoms with Crippen LogP contribution in [0.1, 0.15) is 96.8 Å². The maximum absolute atomic E-state index is 10.4. The molecule has 0 aromatic carbocycles. The summed E-state index contributed by atoms with van der Waals surface area (Å²) in [5, 5.41) is 10.4. The van der Waals surface area contributed by atoms with Crippen LogP contribution in [0.2, 0.25) is 0 Å². The highest BCUT2D eigenvalue weighted by molar-refractivity contribution is 4.80. The molecule has 0 amide bonds. The molecule has 0 aliphatic heterocycles. The van der Waals surface area contributed by atoms with Gasteiger partial charge in [0, 0.05) is 7.11 Å². The molecule has 1 saturated carbocycles. The fourth-order valence-corrected chi connectivity index (χ4v) is 3.78. The van der Waals surface area contributed by atoms with Crippen LogP contribution in [0.5, 0.6) is 0 Å². The molecule has 0 heterocycles. The molecule has 1 N–H and O–H groups in total. The SMILES string of the molecule is CCCCCCCCCCC(O)C(OC)C1CCCCC1. The van der Waals surface area contributed by atoms with Crippen molar-refractivity contribution in [1.29, 1.82) is 0 Å². The van der Waals surface area contributed by atoms with Gasteiger partial charge < -0.3 is 9.84 Å². The summed E-state index contributed by atoms with van der Waals surface area (Å²) in [5.41, 5.74) is 0. The van der Waals surface area contributed by atoms with E-state index in [1.807, 2.05) is 0 Å². The van der Waals surface area contributed by atoms with Crippen molar-refractivity contribution in [1.82, 2.24) is 0 Å². The van der Waals surface area contributed by atoms with Crippen molar-refractivity contribution in [3.63, 3.8) is 0 Å². The molecule has 2 heteroatoms. The molecule has 1 aliphatic carbocycles. The molecule has 21 heavy (non-hydrogen) atoms. The molecule has 126 valence electrons. The molecule has 1 fully saturated rings. The first kappa shape index (κ1) is 19.0. The van der Waals surface area contributed by atoms with Gasteiger partial charge in [0.15, 0.2) is 0 Å². The van der Waals surface area contributed by atoms with E-state index in [-0.39, 0.29) is 12.2 Å². The number of rotatable bonds is 12. The van der Waals surface area contributed by atoms with Gasteiger partial charge in [-0.15, -0.1) is 0 Å². The van der Waals surface area contributed by atoms with Crippen LogP contribution in [0.3, 0.4) is 0 Å². The summed E-state index contributed by atoms with van der Waals surface area (Å²) in [6.07, 6.45) is 17.8. The Kier molecular flexibility index (Phi) is 11.3. The molecule has 0 radical (unpaired) electrons. The topological polar surface area (TPSA) is 29.5 Å². The third-order valence-corrected chi connectivity index (χ3v) is 5.12. The molecule has 2 unspecified atom stereocenters. The quantitative estimate of drug-likeness (QED) is 0.484. The van der Waals surface area contributed by atoms with Gasteiger partial charge in [-0.1, -0.05) is 77.6 Å². The van der Waals surface area contributed by atoms with Crippen LogP contribution >= 0.6 is 0 Å². The van der Waals surface area contributed by atoms with Gasteiger partial charge in [-0.2, -0.15) is 0 Å². The second kappa shape index (κ2) is 12.5. The molecule has 2 nitrogen and oxygen atoms in total. The molecule has 1 aliphatic rings. The van der Waals surface area contributed by atoms with E-state index in [2.05, 4.69) is 6.92 Å². The maximum Gasteiger partial charge on any atom is 0.0858 e. The van der Waals surface area contributed by atoms with Crippen molar-refractivity contribution in [2.75, 3.05) is 7.11 Å². The van der Waals surface area contributed by atoms with Crippen molar-refractivity contribution < 1.29 is 9.84 Å². The van der Waals surface area contributed by atoms with Crippen molar-refractivity contribution in [3.8, 4) is 0 Å². The molecule has 2 atom stereocenters. The van der Waals surface area contributed by atoms with Crippen molar-refractivity contribution >= 4 is 0 Å². The second-order valence-electron chi connectivity index (χ2n) is 6.93. The zero-order valence-corrected chi connectivity index (χ0v) is 14.5. The van der Waals surface area contributed by atoms with E-state index in [9.17, 15) is 5.11 Å². The summed E-state index contributed by atoms with van der Waals surface area (Å²) in [4.78, 5) is 0. The highest BCUT2D eigenvalue weighted by atomic mass is 16.5. The lowest BCUT2D eigenvalue weighted by Gasteiger charge is -2.32. The largest absolute Gasteiger partial charge is 0.390 e. The maximum atomic E-state index is 10.4. The number of methoxy groups -OCH3 is 1. The number of unbranched alkanes of at least 4 members (excludes halogenated alkanes) is 7. The standard InChI is InChI=1S/C19H38O2/c1-3-4-5-6-7-8-9-13-16-18(20)19(21-2)17-14-11-10-12-15-17/h17-20H,3-16H2,1-2H3. The Morgan fingerprint density at radius 3 is 2.05 bits per heavy atom. The smallest absolute Gasteiger partial charge is 0.0858 e. The van der Waals surface area contributed by atoms with Crippen LogP contribution in [0.4, 0.5) is 0 Å². The van der Waals surface area contributed by atoms with Crippen LogP contribution < -0.4 is 0 Å². The summed E-state index contributed by atoms with van der Waals surface area (Å²) < 4.78 is 5.62. The highest BCUT2D eigenvalue weighted by Crippen LogP contribution is 2.30. The van der Waals surface area contributed by atoms with Crippen LogP contribution in [0.15, 0.2) is 0 Å². The molecule has 0 aromatic rings. The number of aliphatic hydroxyl groups excluding tert-OH is 1. The molecular weight excluding hydrogens is 260 g/mol.